The zero-order valence-electron chi connectivity index (χ0n) is 7.81. The van der Waals surface area contributed by atoms with Crippen molar-refractivity contribution < 1.29 is 4.74 Å². The number of hydrogen-bond donors (Lipinski definition) is 1. The Morgan fingerprint density at radius 3 is 2.55 bits per heavy atom. The van der Waals surface area contributed by atoms with Crippen molar-refractivity contribution in [1.82, 2.24) is 5.32 Å². The van der Waals surface area contributed by atoms with E-state index in [1.165, 1.54) is 0 Å². The topological polar surface area (TPSA) is 21.3 Å². The summed E-state index contributed by atoms with van der Waals surface area (Å²) in [4.78, 5) is 0. The molecule has 0 spiro atoms. The molecular weight excluding hydrogens is 138 g/mol. The van der Waals surface area contributed by atoms with E-state index in [1.54, 1.807) is 0 Å². The average molecular weight is 157 g/mol. The molecule has 0 aromatic heterocycles. The van der Waals surface area contributed by atoms with E-state index < -0.39 is 0 Å². The molecule has 66 valence electrons. The van der Waals surface area contributed by atoms with Gasteiger partial charge in [-0.1, -0.05) is 6.08 Å². The van der Waals surface area contributed by atoms with Crippen molar-refractivity contribution in [3.8, 4) is 0 Å². The van der Waals surface area contributed by atoms with Gasteiger partial charge in [-0.25, -0.2) is 0 Å². The molecule has 0 radical (unpaired) electrons. The summed E-state index contributed by atoms with van der Waals surface area (Å²) in [7, 11) is 0. The molecule has 0 atom stereocenters. The Hall–Kier alpha value is -0.340. The Morgan fingerprint density at radius 1 is 1.45 bits per heavy atom. The maximum absolute atomic E-state index is 5.48. The molecule has 0 saturated heterocycles. The maximum atomic E-state index is 5.48. The van der Waals surface area contributed by atoms with Crippen LogP contribution in [0.5, 0.6) is 0 Å². The van der Waals surface area contributed by atoms with Gasteiger partial charge >= 0.3 is 0 Å². The summed E-state index contributed by atoms with van der Waals surface area (Å²) in [6, 6.07) is 0. The number of ether oxygens (including phenoxy) is 1. The van der Waals surface area contributed by atoms with Gasteiger partial charge < -0.3 is 10.1 Å². The van der Waals surface area contributed by atoms with Crippen LogP contribution in [0.4, 0.5) is 0 Å². The third kappa shape index (κ3) is 9.66. The second kappa shape index (κ2) is 5.33. The fraction of sp³-hybridized carbons (Fsp3) is 0.778. The summed E-state index contributed by atoms with van der Waals surface area (Å²) in [5.41, 5.74) is -0.0180. The fourth-order valence-electron chi connectivity index (χ4n) is 0.634. The Balaban J connectivity index is 3.08. The van der Waals surface area contributed by atoms with Crippen molar-refractivity contribution in [1.29, 1.82) is 0 Å². The normalized spacial score (nSPS) is 11.5. The van der Waals surface area contributed by atoms with Crippen LogP contribution >= 0.6 is 0 Å². The van der Waals surface area contributed by atoms with E-state index in [4.69, 9.17) is 4.74 Å². The first kappa shape index (κ1) is 10.7. The largest absolute Gasteiger partial charge is 0.375 e. The highest BCUT2D eigenvalue weighted by Gasteiger charge is 2.08. The SMILES string of the molecule is C=CCNCCOC(C)(C)C. The van der Waals surface area contributed by atoms with Gasteiger partial charge in [0, 0.05) is 13.1 Å². The fourth-order valence-corrected chi connectivity index (χ4v) is 0.634. The molecule has 0 aliphatic carbocycles. The van der Waals surface area contributed by atoms with Gasteiger partial charge in [0.05, 0.1) is 12.2 Å². The van der Waals surface area contributed by atoms with E-state index in [0.717, 1.165) is 19.7 Å². The van der Waals surface area contributed by atoms with Crippen LogP contribution in [0, 0.1) is 0 Å². The molecule has 0 fully saturated rings. The van der Waals surface area contributed by atoms with E-state index in [1.807, 2.05) is 6.08 Å². The van der Waals surface area contributed by atoms with Crippen molar-refractivity contribution in [3.05, 3.63) is 12.7 Å². The zero-order chi connectivity index (χ0) is 8.74. The predicted octanol–water partition coefficient (Wildman–Crippen LogP) is 1.58. The van der Waals surface area contributed by atoms with Crippen LogP contribution in [0.1, 0.15) is 20.8 Å². The van der Waals surface area contributed by atoms with Crippen molar-refractivity contribution in [2.75, 3.05) is 19.7 Å². The Bertz CT molecular complexity index is 105. The molecule has 0 heterocycles. The Labute approximate surface area is 69.6 Å². The minimum atomic E-state index is -0.0180. The quantitative estimate of drug-likeness (QED) is 0.483. The number of rotatable bonds is 5. The van der Waals surface area contributed by atoms with Crippen LogP contribution in [0.3, 0.4) is 0 Å². The minimum Gasteiger partial charge on any atom is -0.375 e. The first-order chi connectivity index (χ1) is 5.06. The first-order valence-corrected chi connectivity index (χ1v) is 4.02. The highest BCUT2D eigenvalue weighted by Crippen LogP contribution is 2.04. The molecule has 0 unspecified atom stereocenters. The van der Waals surface area contributed by atoms with Gasteiger partial charge in [-0.2, -0.15) is 0 Å². The molecule has 0 aromatic carbocycles. The molecule has 0 saturated carbocycles. The monoisotopic (exact) mass is 157 g/mol. The maximum Gasteiger partial charge on any atom is 0.0599 e. The van der Waals surface area contributed by atoms with Crippen molar-refractivity contribution in [3.63, 3.8) is 0 Å². The molecule has 2 nitrogen and oxygen atoms in total. The molecule has 0 rings (SSSR count). The highest BCUT2D eigenvalue weighted by molar-refractivity contribution is 4.69. The van der Waals surface area contributed by atoms with Crippen LogP contribution in [0.15, 0.2) is 12.7 Å². The molecule has 2 heteroatoms. The second-order valence-electron chi connectivity index (χ2n) is 3.45. The van der Waals surface area contributed by atoms with Gasteiger partial charge in [0.1, 0.15) is 0 Å². The molecule has 11 heavy (non-hydrogen) atoms. The average Bonchev–Trinajstić information content (AvgIpc) is 1.85. The lowest BCUT2D eigenvalue weighted by Crippen LogP contribution is -2.26. The first-order valence-electron chi connectivity index (χ1n) is 4.02. The van der Waals surface area contributed by atoms with Gasteiger partial charge in [-0.05, 0) is 20.8 Å². The molecule has 0 aliphatic heterocycles. The lowest BCUT2D eigenvalue weighted by atomic mass is 10.2. The van der Waals surface area contributed by atoms with E-state index in [2.05, 4.69) is 32.7 Å². The van der Waals surface area contributed by atoms with Crippen LogP contribution in [-0.4, -0.2) is 25.3 Å². The summed E-state index contributed by atoms with van der Waals surface area (Å²) >= 11 is 0. The number of hydrogen-bond acceptors (Lipinski definition) is 2. The van der Waals surface area contributed by atoms with E-state index in [9.17, 15) is 0 Å². The molecule has 0 amide bonds. The highest BCUT2D eigenvalue weighted by atomic mass is 16.5. The van der Waals surface area contributed by atoms with E-state index in [0.29, 0.717) is 0 Å². The summed E-state index contributed by atoms with van der Waals surface area (Å²) in [5.74, 6) is 0. The number of nitrogens with one attached hydrogen (secondary N) is 1. The smallest absolute Gasteiger partial charge is 0.0599 e. The predicted molar refractivity (Wildman–Crippen MR) is 48.8 cm³/mol. The summed E-state index contributed by atoms with van der Waals surface area (Å²) in [6.07, 6.45) is 1.84. The van der Waals surface area contributed by atoms with Gasteiger partial charge in [0.25, 0.3) is 0 Å². The van der Waals surface area contributed by atoms with Crippen LogP contribution in [-0.2, 0) is 4.74 Å². The van der Waals surface area contributed by atoms with Gasteiger partial charge in [-0.15, -0.1) is 6.58 Å². The summed E-state index contributed by atoms with van der Waals surface area (Å²) < 4.78 is 5.48. The lowest BCUT2D eigenvalue weighted by Gasteiger charge is -2.19. The van der Waals surface area contributed by atoms with Crippen LogP contribution < -0.4 is 5.32 Å². The molecular formula is C9H19NO. The Kier molecular flexibility index (Phi) is 5.16. The standard InChI is InChI=1S/C9H19NO/c1-5-6-10-7-8-11-9(2,3)4/h5,10H,1,6-8H2,2-4H3. The van der Waals surface area contributed by atoms with Crippen molar-refractivity contribution in [2.45, 2.75) is 26.4 Å². The van der Waals surface area contributed by atoms with Gasteiger partial charge in [0.15, 0.2) is 0 Å². The van der Waals surface area contributed by atoms with E-state index >= 15 is 0 Å². The lowest BCUT2D eigenvalue weighted by molar-refractivity contribution is -0.000503. The summed E-state index contributed by atoms with van der Waals surface area (Å²) in [5, 5.41) is 3.16. The Morgan fingerprint density at radius 2 is 2.09 bits per heavy atom. The molecule has 0 aliphatic rings. The summed E-state index contributed by atoms with van der Waals surface area (Å²) in [6.45, 7) is 12.3. The van der Waals surface area contributed by atoms with E-state index in [-0.39, 0.29) is 5.60 Å². The minimum absolute atomic E-state index is 0.0180. The molecule has 0 aromatic rings. The van der Waals surface area contributed by atoms with Crippen molar-refractivity contribution in [2.24, 2.45) is 0 Å². The zero-order valence-corrected chi connectivity index (χ0v) is 7.81. The van der Waals surface area contributed by atoms with Crippen LogP contribution in [0.2, 0.25) is 0 Å². The third-order valence-corrected chi connectivity index (χ3v) is 1.10. The van der Waals surface area contributed by atoms with Crippen LogP contribution in [0.25, 0.3) is 0 Å². The molecule has 1 N–H and O–H groups in total. The van der Waals surface area contributed by atoms with Crippen molar-refractivity contribution >= 4 is 0 Å². The third-order valence-electron chi connectivity index (χ3n) is 1.10. The second-order valence-corrected chi connectivity index (χ2v) is 3.45. The van der Waals surface area contributed by atoms with Gasteiger partial charge in [0.2, 0.25) is 0 Å². The van der Waals surface area contributed by atoms with Gasteiger partial charge in [-0.3, -0.25) is 0 Å². The molecule has 0 bridgehead atoms.